The lowest BCUT2D eigenvalue weighted by molar-refractivity contribution is -0.138. The number of piperidine rings is 1. The molecule has 2 N–H and O–H groups in total. The van der Waals surface area contributed by atoms with Crippen molar-refractivity contribution >= 4 is 39.1 Å². The molecule has 44 heavy (non-hydrogen) atoms. The lowest BCUT2D eigenvalue weighted by atomic mass is 9.74. The van der Waals surface area contributed by atoms with Crippen molar-refractivity contribution in [3.05, 3.63) is 99.6 Å². The van der Waals surface area contributed by atoms with Gasteiger partial charge in [0.05, 0.1) is 18.0 Å². The maximum atomic E-state index is 14.0. The fraction of sp³-hybridized carbons (Fsp3) is 0.375. The van der Waals surface area contributed by atoms with Crippen LogP contribution in [0.5, 0.6) is 0 Å². The molecule has 0 saturated carbocycles. The van der Waals surface area contributed by atoms with E-state index in [1.165, 1.54) is 10.6 Å². The van der Waals surface area contributed by atoms with Crippen LogP contribution < -0.4 is 14.9 Å². The van der Waals surface area contributed by atoms with E-state index in [2.05, 4.69) is 10.6 Å². The molecule has 0 radical (unpaired) electrons. The number of nitrogens with one attached hydrogen (secondary N) is 2. The number of rotatable bonds is 6. The third-order valence-corrected chi connectivity index (χ3v) is 10.5. The second-order valence-electron chi connectivity index (χ2n) is 12.0. The van der Waals surface area contributed by atoms with Crippen LogP contribution in [-0.2, 0) is 44.4 Å². The van der Waals surface area contributed by atoms with Crippen LogP contribution in [0.1, 0.15) is 35.1 Å². The van der Waals surface area contributed by atoms with Gasteiger partial charge in [0.25, 0.3) is 0 Å². The molecule has 6 rings (SSSR count). The normalized spacial score (nSPS) is 19.8. The standard InChI is InChI=1S/C32H33ClF2N4O4S/c1-44(42,43)39-19-32(24-4-2-3-5-29(24)39)10-12-38(13-11-32)31(41)28(14-20-6-8-23(33)9-7-20)37-30(40)27-17-21-15-25(34)26(35)16-22(21)18-36-27/h2-9,15-16,27-28,36H,10-14,17-19H2,1H3,(H,37,40). The van der Waals surface area contributed by atoms with Gasteiger partial charge in [0.15, 0.2) is 11.6 Å². The average molecular weight is 643 g/mol. The Labute approximate surface area is 260 Å². The van der Waals surface area contributed by atoms with Gasteiger partial charge >= 0.3 is 0 Å². The van der Waals surface area contributed by atoms with Crippen LogP contribution in [0.15, 0.2) is 60.7 Å². The Balaban J connectivity index is 1.19. The number of benzene rings is 3. The third kappa shape index (κ3) is 5.92. The highest BCUT2D eigenvalue weighted by Crippen LogP contribution is 2.47. The molecule has 8 nitrogen and oxygen atoms in total. The quantitative estimate of drug-likeness (QED) is 0.428. The van der Waals surface area contributed by atoms with E-state index in [1.807, 2.05) is 36.4 Å². The molecule has 3 aromatic carbocycles. The Morgan fingerprint density at radius 1 is 1.05 bits per heavy atom. The fourth-order valence-corrected chi connectivity index (χ4v) is 7.83. The molecule has 1 spiro atoms. The Hall–Kier alpha value is -3.54. The van der Waals surface area contributed by atoms with Gasteiger partial charge in [0.2, 0.25) is 21.8 Å². The van der Waals surface area contributed by atoms with Crippen LogP contribution in [0.2, 0.25) is 5.02 Å². The highest BCUT2D eigenvalue weighted by atomic mass is 35.5. The molecule has 2 unspecified atom stereocenters. The largest absolute Gasteiger partial charge is 0.343 e. The Morgan fingerprint density at radius 3 is 2.39 bits per heavy atom. The van der Waals surface area contributed by atoms with Crippen molar-refractivity contribution in [1.82, 2.24) is 15.5 Å². The zero-order valence-corrected chi connectivity index (χ0v) is 25.7. The molecular formula is C32H33ClF2N4O4S. The molecule has 2 atom stereocenters. The van der Waals surface area contributed by atoms with Gasteiger partial charge in [-0.15, -0.1) is 0 Å². The lowest BCUT2D eigenvalue weighted by Crippen LogP contribution is -2.57. The molecule has 0 aromatic heterocycles. The Bertz CT molecular complexity index is 1710. The van der Waals surface area contributed by atoms with Crippen molar-refractivity contribution in [3.8, 4) is 0 Å². The van der Waals surface area contributed by atoms with Crippen LogP contribution in [0.3, 0.4) is 0 Å². The van der Waals surface area contributed by atoms with Gasteiger partial charge < -0.3 is 15.5 Å². The van der Waals surface area contributed by atoms with Gasteiger partial charge in [-0.25, -0.2) is 17.2 Å². The first-order valence-electron chi connectivity index (χ1n) is 14.5. The van der Waals surface area contributed by atoms with Crippen molar-refractivity contribution in [3.63, 3.8) is 0 Å². The van der Waals surface area contributed by atoms with E-state index >= 15 is 0 Å². The number of nitrogens with zero attached hydrogens (tertiary/aromatic N) is 2. The molecule has 0 aliphatic carbocycles. The maximum Gasteiger partial charge on any atom is 0.245 e. The number of likely N-dealkylation sites (tertiary alicyclic amines) is 1. The van der Waals surface area contributed by atoms with E-state index in [0.29, 0.717) is 54.3 Å². The van der Waals surface area contributed by atoms with Crippen LogP contribution >= 0.6 is 11.6 Å². The molecular weight excluding hydrogens is 610 g/mol. The highest BCUT2D eigenvalue weighted by Gasteiger charge is 2.48. The Kier molecular flexibility index (Phi) is 8.15. The lowest BCUT2D eigenvalue weighted by Gasteiger charge is -2.41. The fourth-order valence-electron chi connectivity index (χ4n) is 6.71. The SMILES string of the molecule is CS(=O)(=O)N1CC2(CCN(C(=O)C(Cc3ccc(Cl)cc3)NC(=O)C3Cc4cc(F)c(F)cc4CN3)CC2)c2ccccc21. The summed E-state index contributed by atoms with van der Waals surface area (Å²) in [4.78, 5) is 29.2. The third-order valence-electron chi connectivity index (χ3n) is 9.11. The number of sulfonamides is 1. The molecule has 3 aromatic rings. The van der Waals surface area contributed by atoms with E-state index in [1.54, 1.807) is 17.0 Å². The predicted molar refractivity (Wildman–Crippen MR) is 164 cm³/mol. The van der Waals surface area contributed by atoms with Gasteiger partial charge in [-0.3, -0.25) is 13.9 Å². The molecule has 1 saturated heterocycles. The molecule has 12 heteroatoms. The summed E-state index contributed by atoms with van der Waals surface area (Å²) in [6.45, 7) is 1.33. The molecule has 0 bridgehead atoms. The summed E-state index contributed by atoms with van der Waals surface area (Å²) in [5.41, 5.74) is 3.21. The first kappa shape index (κ1) is 30.5. The second-order valence-corrected chi connectivity index (χ2v) is 14.3. The van der Waals surface area contributed by atoms with Crippen molar-refractivity contribution in [2.24, 2.45) is 0 Å². The van der Waals surface area contributed by atoms with E-state index in [4.69, 9.17) is 11.6 Å². The number of para-hydroxylation sites is 1. The summed E-state index contributed by atoms with van der Waals surface area (Å²) in [6.07, 6.45) is 2.75. The van der Waals surface area contributed by atoms with E-state index in [9.17, 15) is 26.8 Å². The van der Waals surface area contributed by atoms with Crippen LogP contribution in [-0.4, -0.2) is 63.1 Å². The Morgan fingerprint density at radius 2 is 1.70 bits per heavy atom. The zero-order valence-electron chi connectivity index (χ0n) is 24.2. The summed E-state index contributed by atoms with van der Waals surface area (Å²) in [5, 5.41) is 6.56. The van der Waals surface area contributed by atoms with Crippen molar-refractivity contribution in [2.75, 3.05) is 30.2 Å². The van der Waals surface area contributed by atoms with Gasteiger partial charge in [-0.05, 0) is 71.8 Å². The topological polar surface area (TPSA) is 98.8 Å². The molecule has 232 valence electrons. The summed E-state index contributed by atoms with van der Waals surface area (Å²) in [5.74, 6) is -2.54. The summed E-state index contributed by atoms with van der Waals surface area (Å²) < 4.78 is 54.2. The summed E-state index contributed by atoms with van der Waals surface area (Å²) in [7, 11) is -3.47. The molecule has 3 aliphatic heterocycles. The van der Waals surface area contributed by atoms with E-state index in [0.717, 1.165) is 23.3 Å². The van der Waals surface area contributed by atoms with Crippen LogP contribution in [0.25, 0.3) is 0 Å². The summed E-state index contributed by atoms with van der Waals surface area (Å²) >= 11 is 6.07. The number of hydrogen-bond acceptors (Lipinski definition) is 5. The predicted octanol–water partition coefficient (Wildman–Crippen LogP) is 3.70. The molecule has 3 heterocycles. The number of anilines is 1. The van der Waals surface area contributed by atoms with Gasteiger partial charge in [0, 0.05) is 43.0 Å². The van der Waals surface area contributed by atoms with Crippen molar-refractivity contribution < 1.29 is 26.8 Å². The zero-order chi connectivity index (χ0) is 31.2. The van der Waals surface area contributed by atoms with Crippen molar-refractivity contribution in [2.45, 2.75) is 49.7 Å². The first-order valence-corrected chi connectivity index (χ1v) is 16.8. The number of hydrogen-bond donors (Lipinski definition) is 2. The summed E-state index contributed by atoms with van der Waals surface area (Å²) in [6, 6.07) is 15.2. The maximum absolute atomic E-state index is 14.0. The van der Waals surface area contributed by atoms with E-state index < -0.39 is 45.1 Å². The number of carbonyl (C=O) groups excluding carboxylic acids is 2. The van der Waals surface area contributed by atoms with Gasteiger partial charge in [0.1, 0.15) is 6.04 Å². The minimum Gasteiger partial charge on any atom is -0.343 e. The smallest absolute Gasteiger partial charge is 0.245 e. The molecule has 2 amide bonds. The highest BCUT2D eigenvalue weighted by molar-refractivity contribution is 7.92. The molecule has 1 fully saturated rings. The number of amides is 2. The van der Waals surface area contributed by atoms with Crippen LogP contribution in [0, 0.1) is 11.6 Å². The minimum atomic E-state index is -3.47. The van der Waals surface area contributed by atoms with Crippen LogP contribution in [0.4, 0.5) is 14.5 Å². The van der Waals surface area contributed by atoms with Gasteiger partial charge in [-0.2, -0.15) is 0 Å². The van der Waals surface area contributed by atoms with Crippen molar-refractivity contribution in [1.29, 1.82) is 0 Å². The average Bonchev–Trinajstić information content (AvgIpc) is 3.32. The van der Waals surface area contributed by atoms with Gasteiger partial charge in [-0.1, -0.05) is 41.9 Å². The minimum absolute atomic E-state index is 0.155. The second kappa shape index (κ2) is 11.8. The van der Waals surface area contributed by atoms with E-state index in [-0.39, 0.29) is 25.3 Å². The first-order chi connectivity index (χ1) is 20.9. The number of fused-ring (bicyclic) bond motifs is 3. The monoisotopic (exact) mass is 642 g/mol. The number of carbonyl (C=O) groups is 2. The number of halogens is 3. The molecule has 3 aliphatic rings.